The number of aromatic hydroxyl groups is 1. The highest BCUT2D eigenvalue weighted by Gasteiger charge is 2.16. The molecule has 4 nitrogen and oxygen atoms in total. The molecule has 0 saturated heterocycles. The van der Waals surface area contributed by atoms with Crippen LogP contribution in [0.3, 0.4) is 0 Å². The van der Waals surface area contributed by atoms with Crippen LogP contribution in [-0.4, -0.2) is 24.2 Å². The number of carbonyl (C=O) groups is 1. The van der Waals surface area contributed by atoms with Crippen molar-refractivity contribution in [3.05, 3.63) is 23.8 Å². The van der Waals surface area contributed by atoms with E-state index in [0.717, 1.165) is 6.42 Å². The molecule has 2 N–H and O–H groups in total. The Morgan fingerprint density at radius 1 is 1.44 bits per heavy atom. The van der Waals surface area contributed by atoms with Gasteiger partial charge in [0.2, 0.25) is 0 Å². The van der Waals surface area contributed by atoms with Gasteiger partial charge in [-0.2, -0.15) is 0 Å². The standard InChI is InChI=1S/C14H21NO3/c1-5-11(9(2)3)15-14(17)10-6-7-13(18-4)12(16)8-10/h6-9,11,16H,5H2,1-4H3,(H,15,17). The van der Waals surface area contributed by atoms with E-state index in [9.17, 15) is 9.90 Å². The second-order valence-corrected chi connectivity index (χ2v) is 4.62. The zero-order chi connectivity index (χ0) is 13.7. The monoisotopic (exact) mass is 251 g/mol. The largest absolute Gasteiger partial charge is 0.504 e. The van der Waals surface area contributed by atoms with Crippen molar-refractivity contribution >= 4 is 5.91 Å². The first-order valence-electron chi connectivity index (χ1n) is 6.17. The summed E-state index contributed by atoms with van der Waals surface area (Å²) in [6.07, 6.45) is 0.880. The second-order valence-electron chi connectivity index (χ2n) is 4.62. The SMILES string of the molecule is CCC(NC(=O)c1ccc(OC)c(O)c1)C(C)C. The lowest BCUT2D eigenvalue weighted by Gasteiger charge is -2.20. The van der Waals surface area contributed by atoms with Crippen molar-refractivity contribution in [2.45, 2.75) is 33.2 Å². The topological polar surface area (TPSA) is 58.6 Å². The van der Waals surface area contributed by atoms with Crippen LogP contribution in [0.25, 0.3) is 0 Å². The third-order valence-corrected chi connectivity index (χ3v) is 3.00. The molecule has 4 heteroatoms. The Kier molecular flexibility index (Phi) is 5.01. The Morgan fingerprint density at radius 3 is 2.56 bits per heavy atom. The van der Waals surface area contributed by atoms with Gasteiger partial charge in [-0.15, -0.1) is 0 Å². The number of nitrogens with one attached hydrogen (secondary N) is 1. The van der Waals surface area contributed by atoms with Crippen molar-refractivity contribution in [2.24, 2.45) is 5.92 Å². The van der Waals surface area contributed by atoms with E-state index in [1.54, 1.807) is 12.1 Å². The lowest BCUT2D eigenvalue weighted by Crippen LogP contribution is -2.37. The van der Waals surface area contributed by atoms with Gasteiger partial charge in [-0.3, -0.25) is 4.79 Å². The highest BCUT2D eigenvalue weighted by molar-refractivity contribution is 5.95. The molecule has 0 aliphatic heterocycles. The maximum Gasteiger partial charge on any atom is 0.251 e. The number of amides is 1. The number of benzene rings is 1. The number of phenols is 1. The first-order chi connectivity index (χ1) is 8.49. The van der Waals surface area contributed by atoms with Crippen molar-refractivity contribution in [3.63, 3.8) is 0 Å². The zero-order valence-corrected chi connectivity index (χ0v) is 11.4. The summed E-state index contributed by atoms with van der Waals surface area (Å²) in [7, 11) is 1.47. The number of ether oxygens (including phenoxy) is 1. The zero-order valence-electron chi connectivity index (χ0n) is 11.4. The van der Waals surface area contributed by atoms with E-state index in [1.807, 2.05) is 6.92 Å². The molecule has 0 fully saturated rings. The molecular formula is C14H21NO3. The number of hydrogen-bond donors (Lipinski definition) is 2. The lowest BCUT2D eigenvalue weighted by atomic mass is 10.0. The van der Waals surface area contributed by atoms with E-state index in [1.165, 1.54) is 13.2 Å². The minimum absolute atomic E-state index is 0.0252. The Morgan fingerprint density at radius 2 is 2.11 bits per heavy atom. The molecule has 1 rings (SSSR count). The van der Waals surface area contributed by atoms with Crippen molar-refractivity contribution < 1.29 is 14.6 Å². The van der Waals surface area contributed by atoms with Gasteiger partial charge < -0.3 is 15.2 Å². The number of carbonyl (C=O) groups excluding carboxylic acids is 1. The fraction of sp³-hybridized carbons (Fsp3) is 0.500. The van der Waals surface area contributed by atoms with Crippen molar-refractivity contribution in [1.82, 2.24) is 5.32 Å². The van der Waals surface area contributed by atoms with Gasteiger partial charge in [-0.05, 0) is 30.5 Å². The van der Waals surface area contributed by atoms with Crippen LogP contribution in [-0.2, 0) is 0 Å². The van der Waals surface area contributed by atoms with E-state index < -0.39 is 0 Å². The maximum absolute atomic E-state index is 12.0. The molecule has 18 heavy (non-hydrogen) atoms. The summed E-state index contributed by atoms with van der Waals surface area (Å²) < 4.78 is 4.94. The molecule has 1 aromatic rings. The van der Waals surface area contributed by atoms with Gasteiger partial charge in [-0.25, -0.2) is 0 Å². The summed E-state index contributed by atoms with van der Waals surface area (Å²) in [6, 6.07) is 4.78. The first kappa shape index (κ1) is 14.4. The highest BCUT2D eigenvalue weighted by Crippen LogP contribution is 2.26. The molecule has 0 aliphatic rings. The molecule has 1 unspecified atom stereocenters. The Balaban J connectivity index is 2.81. The summed E-state index contributed by atoms with van der Waals surface area (Å²) in [4.78, 5) is 12.0. The summed E-state index contributed by atoms with van der Waals surface area (Å²) >= 11 is 0. The van der Waals surface area contributed by atoms with Crippen LogP contribution < -0.4 is 10.1 Å². The van der Waals surface area contributed by atoms with Crippen LogP contribution in [0.4, 0.5) is 0 Å². The van der Waals surface area contributed by atoms with Gasteiger partial charge in [0.1, 0.15) is 0 Å². The van der Waals surface area contributed by atoms with Crippen molar-refractivity contribution in [3.8, 4) is 11.5 Å². The Hall–Kier alpha value is -1.71. The van der Waals surface area contributed by atoms with Gasteiger partial charge in [0, 0.05) is 11.6 Å². The van der Waals surface area contributed by atoms with Gasteiger partial charge in [0.15, 0.2) is 11.5 Å². The van der Waals surface area contributed by atoms with Crippen LogP contribution in [0.1, 0.15) is 37.6 Å². The molecule has 0 spiro atoms. The second kappa shape index (κ2) is 6.28. The fourth-order valence-corrected chi connectivity index (χ4v) is 1.82. The van der Waals surface area contributed by atoms with Crippen LogP contribution in [0.15, 0.2) is 18.2 Å². The van der Waals surface area contributed by atoms with Crippen LogP contribution in [0, 0.1) is 5.92 Å². The van der Waals surface area contributed by atoms with Crippen LogP contribution in [0.5, 0.6) is 11.5 Å². The molecular weight excluding hydrogens is 230 g/mol. The van der Waals surface area contributed by atoms with Crippen molar-refractivity contribution in [1.29, 1.82) is 0 Å². The number of rotatable bonds is 5. The fourth-order valence-electron chi connectivity index (χ4n) is 1.82. The lowest BCUT2D eigenvalue weighted by molar-refractivity contribution is 0.0924. The molecule has 0 bridgehead atoms. The van der Waals surface area contributed by atoms with E-state index in [4.69, 9.17) is 4.74 Å². The average Bonchev–Trinajstić information content (AvgIpc) is 2.35. The number of hydrogen-bond acceptors (Lipinski definition) is 3. The Bertz CT molecular complexity index is 416. The molecule has 0 saturated carbocycles. The molecule has 0 aromatic heterocycles. The smallest absolute Gasteiger partial charge is 0.251 e. The molecule has 0 aliphatic carbocycles. The van der Waals surface area contributed by atoms with E-state index in [2.05, 4.69) is 19.2 Å². The summed E-state index contributed by atoms with van der Waals surface area (Å²) in [5.41, 5.74) is 0.437. The van der Waals surface area contributed by atoms with Gasteiger partial charge >= 0.3 is 0 Å². The number of phenolic OH excluding ortho intramolecular Hbond substituents is 1. The van der Waals surface area contributed by atoms with Gasteiger partial charge in [-0.1, -0.05) is 20.8 Å². The van der Waals surface area contributed by atoms with E-state index in [-0.39, 0.29) is 17.7 Å². The minimum atomic E-state index is -0.173. The van der Waals surface area contributed by atoms with Crippen molar-refractivity contribution in [2.75, 3.05) is 7.11 Å². The molecule has 0 heterocycles. The average molecular weight is 251 g/mol. The normalized spacial score (nSPS) is 12.3. The Labute approximate surface area is 108 Å². The first-order valence-corrected chi connectivity index (χ1v) is 6.17. The summed E-state index contributed by atoms with van der Waals surface area (Å²) in [6.45, 7) is 6.18. The summed E-state index contributed by atoms with van der Waals surface area (Å²) in [5, 5.41) is 12.6. The quantitative estimate of drug-likeness (QED) is 0.845. The van der Waals surface area contributed by atoms with E-state index in [0.29, 0.717) is 17.2 Å². The molecule has 1 amide bonds. The molecule has 1 atom stereocenters. The minimum Gasteiger partial charge on any atom is -0.504 e. The third kappa shape index (κ3) is 3.39. The number of methoxy groups -OCH3 is 1. The molecule has 1 aromatic carbocycles. The van der Waals surface area contributed by atoms with Gasteiger partial charge in [0.05, 0.1) is 7.11 Å². The van der Waals surface area contributed by atoms with Gasteiger partial charge in [0.25, 0.3) is 5.91 Å². The van der Waals surface area contributed by atoms with Crippen LogP contribution in [0.2, 0.25) is 0 Å². The predicted molar refractivity (Wildman–Crippen MR) is 71.0 cm³/mol. The molecule has 100 valence electrons. The predicted octanol–water partition coefficient (Wildman–Crippen LogP) is 2.57. The summed E-state index contributed by atoms with van der Waals surface area (Å²) in [5.74, 6) is 0.546. The highest BCUT2D eigenvalue weighted by atomic mass is 16.5. The van der Waals surface area contributed by atoms with E-state index >= 15 is 0 Å². The van der Waals surface area contributed by atoms with Crippen LogP contribution >= 0.6 is 0 Å². The molecule has 0 radical (unpaired) electrons. The maximum atomic E-state index is 12.0. The third-order valence-electron chi connectivity index (χ3n) is 3.00.